The molecule has 6 nitrogen and oxygen atoms in total. The number of imidazole rings is 1. The third-order valence-corrected chi connectivity index (χ3v) is 5.88. The molecule has 0 amide bonds. The number of hydrogen-bond donors (Lipinski definition) is 0. The highest BCUT2D eigenvalue weighted by atomic mass is 19.4. The standard InChI is InChI=1S/C22H20F6N4O2/c1-10-7-15(8-16(22(26,27)28)18(10)34-13(4)21(23,24)25)20-30-19(32(20)33)14-5-6-17-29-11(2)12(3)31(17)9-14/h5-10,13,18H,1-4H3/t10-,13?,18?/m1/s1. The van der Waals surface area contributed by atoms with Crippen molar-refractivity contribution in [2.45, 2.75) is 52.3 Å². The van der Waals surface area contributed by atoms with Crippen LogP contribution in [0.2, 0.25) is 0 Å². The molecule has 1 aliphatic carbocycles. The number of amidine groups is 2. The molecule has 0 N–H and O–H groups in total. The van der Waals surface area contributed by atoms with E-state index in [9.17, 15) is 31.5 Å². The first-order valence-corrected chi connectivity index (χ1v) is 10.3. The van der Waals surface area contributed by atoms with Crippen molar-refractivity contribution in [1.82, 2.24) is 9.38 Å². The van der Waals surface area contributed by atoms with Gasteiger partial charge >= 0.3 is 12.4 Å². The van der Waals surface area contributed by atoms with Gasteiger partial charge in [0.05, 0.1) is 22.9 Å². The highest BCUT2D eigenvalue weighted by Gasteiger charge is 2.48. The summed E-state index contributed by atoms with van der Waals surface area (Å²) in [5.74, 6) is -1.35. The summed E-state index contributed by atoms with van der Waals surface area (Å²) < 4.78 is 86.7. The summed E-state index contributed by atoms with van der Waals surface area (Å²) in [4.78, 5) is 8.49. The van der Waals surface area contributed by atoms with Crippen LogP contribution in [0.15, 0.2) is 46.6 Å². The normalized spacial score (nSPS) is 22.4. The molecule has 0 saturated heterocycles. The van der Waals surface area contributed by atoms with Crippen LogP contribution in [0, 0.1) is 25.0 Å². The van der Waals surface area contributed by atoms with Gasteiger partial charge < -0.3 is 14.3 Å². The van der Waals surface area contributed by atoms with E-state index >= 15 is 0 Å². The van der Waals surface area contributed by atoms with E-state index in [0.717, 1.165) is 11.4 Å². The monoisotopic (exact) mass is 486 g/mol. The number of hydrogen-bond acceptors (Lipinski definition) is 4. The molecule has 0 spiro atoms. The summed E-state index contributed by atoms with van der Waals surface area (Å²) in [6.07, 6.45) is -10.5. The largest absolute Gasteiger partial charge is 0.740 e. The van der Waals surface area contributed by atoms with E-state index in [1.165, 1.54) is 13.0 Å². The van der Waals surface area contributed by atoms with Crippen LogP contribution >= 0.6 is 0 Å². The molecule has 0 saturated carbocycles. The van der Waals surface area contributed by atoms with Crippen LogP contribution in [0.3, 0.4) is 0 Å². The van der Waals surface area contributed by atoms with Gasteiger partial charge in [0, 0.05) is 23.4 Å². The van der Waals surface area contributed by atoms with Crippen LogP contribution in [-0.2, 0) is 4.74 Å². The fourth-order valence-corrected chi connectivity index (χ4v) is 3.85. The Balaban J connectivity index is 1.64. The Labute approximate surface area is 190 Å². The lowest BCUT2D eigenvalue weighted by molar-refractivity contribution is -0.338. The summed E-state index contributed by atoms with van der Waals surface area (Å²) in [5, 5.41) is 12.7. The minimum Gasteiger partial charge on any atom is -0.740 e. The zero-order valence-corrected chi connectivity index (χ0v) is 18.5. The van der Waals surface area contributed by atoms with E-state index in [0.29, 0.717) is 28.9 Å². The van der Waals surface area contributed by atoms with Crippen LogP contribution < -0.4 is 0 Å². The molecular formula is C22H20F6N4O2. The van der Waals surface area contributed by atoms with Crippen LogP contribution in [0.1, 0.15) is 30.8 Å². The molecule has 0 aromatic carbocycles. The Bertz CT molecular complexity index is 1280. The summed E-state index contributed by atoms with van der Waals surface area (Å²) in [7, 11) is 0. The van der Waals surface area contributed by atoms with E-state index in [-0.39, 0.29) is 17.2 Å². The van der Waals surface area contributed by atoms with Crippen LogP contribution in [0.4, 0.5) is 26.3 Å². The highest BCUT2D eigenvalue weighted by Crippen LogP contribution is 2.40. The number of aromatic nitrogens is 2. The number of alkyl halides is 6. The van der Waals surface area contributed by atoms with Gasteiger partial charge in [0.1, 0.15) is 5.65 Å². The molecule has 3 heterocycles. The molecule has 12 heteroatoms. The smallest absolute Gasteiger partial charge is 0.415 e. The number of ether oxygens (including phenoxy) is 1. The SMILES string of the molecule is Cc1nc2ccc(C3=[N+]([O-])C(C4=C[C@@H](C)C(OC(C)C(F)(F)F)C(C(F)(F)F)=C4)=N3)cn2c1C. The quantitative estimate of drug-likeness (QED) is 0.346. The second-order valence-electron chi connectivity index (χ2n) is 8.30. The van der Waals surface area contributed by atoms with Crippen molar-refractivity contribution in [1.29, 1.82) is 0 Å². The zero-order valence-electron chi connectivity index (χ0n) is 18.5. The lowest BCUT2D eigenvalue weighted by atomic mass is 9.87. The highest BCUT2D eigenvalue weighted by molar-refractivity contribution is 6.16. The maximum atomic E-state index is 13.7. The minimum atomic E-state index is -4.96. The molecule has 2 aliphatic rings. The van der Waals surface area contributed by atoms with E-state index in [1.54, 1.807) is 22.7 Å². The maximum Gasteiger partial charge on any atom is 0.415 e. The Morgan fingerprint density at radius 2 is 1.82 bits per heavy atom. The van der Waals surface area contributed by atoms with Gasteiger partial charge in [0.25, 0.3) is 11.7 Å². The average Bonchev–Trinajstić information content (AvgIpc) is 3.00. The molecule has 0 fully saturated rings. The number of rotatable bonds is 4. The van der Waals surface area contributed by atoms with E-state index in [2.05, 4.69) is 9.98 Å². The van der Waals surface area contributed by atoms with Gasteiger partial charge in [-0.1, -0.05) is 18.0 Å². The Kier molecular flexibility index (Phi) is 5.62. The van der Waals surface area contributed by atoms with Crippen LogP contribution in [0.25, 0.3) is 5.65 Å². The first kappa shape index (κ1) is 24.0. The second kappa shape index (κ2) is 7.97. The number of pyridine rings is 1. The zero-order chi connectivity index (χ0) is 25.2. The maximum absolute atomic E-state index is 13.7. The fourth-order valence-electron chi connectivity index (χ4n) is 3.85. The van der Waals surface area contributed by atoms with Crippen LogP contribution in [-0.4, -0.2) is 50.4 Å². The molecule has 2 unspecified atom stereocenters. The summed E-state index contributed by atoms with van der Waals surface area (Å²) in [5.41, 5.74) is 1.34. The Morgan fingerprint density at radius 1 is 1.15 bits per heavy atom. The number of nitrogens with zero attached hydrogens (tertiary/aromatic N) is 4. The van der Waals surface area contributed by atoms with Crippen molar-refractivity contribution in [3.63, 3.8) is 0 Å². The third-order valence-electron chi connectivity index (χ3n) is 5.88. The molecule has 3 atom stereocenters. The number of aliphatic imine (C=N–C) groups is 1. The number of fused-ring (bicyclic) bond motifs is 1. The second-order valence-corrected chi connectivity index (χ2v) is 8.30. The van der Waals surface area contributed by atoms with Gasteiger partial charge in [-0.2, -0.15) is 26.3 Å². The lowest BCUT2D eigenvalue weighted by Crippen LogP contribution is -2.42. The number of aryl methyl sites for hydroxylation is 2. The lowest BCUT2D eigenvalue weighted by Gasteiger charge is -2.33. The molecule has 1 aliphatic heterocycles. The molecule has 0 radical (unpaired) electrons. The van der Waals surface area contributed by atoms with Crippen molar-refractivity contribution in [3.05, 3.63) is 63.8 Å². The molecule has 0 bridgehead atoms. The van der Waals surface area contributed by atoms with Crippen molar-refractivity contribution < 1.29 is 35.8 Å². The predicted molar refractivity (Wildman–Crippen MR) is 112 cm³/mol. The average molecular weight is 486 g/mol. The van der Waals surface area contributed by atoms with E-state index in [4.69, 9.17) is 4.74 Å². The van der Waals surface area contributed by atoms with Gasteiger partial charge in [-0.05, 0) is 39.0 Å². The third kappa shape index (κ3) is 4.10. The fraction of sp³-hybridized carbons (Fsp3) is 0.409. The van der Waals surface area contributed by atoms with Crippen molar-refractivity contribution >= 4 is 17.3 Å². The van der Waals surface area contributed by atoms with Crippen LogP contribution in [0.5, 0.6) is 0 Å². The topological polar surface area (TPSA) is 65.0 Å². The van der Waals surface area contributed by atoms with Gasteiger partial charge in [0.15, 0.2) is 6.10 Å². The van der Waals surface area contributed by atoms with Gasteiger partial charge in [-0.25, -0.2) is 9.72 Å². The number of halogens is 6. The molecule has 2 aromatic heterocycles. The molecular weight excluding hydrogens is 466 g/mol. The van der Waals surface area contributed by atoms with Gasteiger partial charge in [0.2, 0.25) is 0 Å². The predicted octanol–water partition coefficient (Wildman–Crippen LogP) is 5.02. The minimum absolute atomic E-state index is 0.00207. The van der Waals surface area contributed by atoms with E-state index < -0.39 is 36.1 Å². The summed E-state index contributed by atoms with van der Waals surface area (Å²) in [6, 6.07) is 3.32. The Morgan fingerprint density at radius 3 is 2.41 bits per heavy atom. The molecule has 182 valence electrons. The summed E-state index contributed by atoms with van der Waals surface area (Å²) in [6.45, 7) is 5.63. The van der Waals surface area contributed by atoms with Crippen molar-refractivity contribution in [2.24, 2.45) is 10.9 Å². The molecule has 4 rings (SSSR count). The molecule has 2 aromatic rings. The Hall–Kier alpha value is -3.15. The van der Waals surface area contributed by atoms with Gasteiger partial charge in [-0.15, -0.1) is 0 Å². The number of hydroxylamine groups is 1. The van der Waals surface area contributed by atoms with Crippen molar-refractivity contribution in [2.75, 3.05) is 0 Å². The van der Waals surface area contributed by atoms with Gasteiger partial charge in [-0.3, -0.25) is 0 Å². The van der Waals surface area contributed by atoms with Crippen molar-refractivity contribution in [3.8, 4) is 0 Å². The first-order chi connectivity index (χ1) is 15.7. The summed E-state index contributed by atoms with van der Waals surface area (Å²) >= 11 is 0. The first-order valence-electron chi connectivity index (χ1n) is 10.3. The van der Waals surface area contributed by atoms with E-state index in [1.807, 2.05) is 13.8 Å². The molecule has 34 heavy (non-hydrogen) atoms.